The number of hydrogen-bond acceptors (Lipinski definition) is 5. The van der Waals surface area contributed by atoms with E-state index in [9.17, 15) is 4.79 Å². The molecule has 1 aliphatic heterocycles. The van der Waals surface area contributed by atoms with Crippen molar-refractivity contribution < 1.29 is 4.79 Å². The van der Waals surface area contributed by atoms with Crippen molar-refractivity contribution >= 4 is 17.7 Å². The number of rotatable bonds is 5. The third-order valence-corrected chi connectivity index (χ3v) is 5.93. The molecule has 0 saturated heterocycles. The fraction of sp³-hybridized carbons (Fsp3) is 0.286. The number of thioether (sulfide) groups is 1. The fourth-order valence-corrected chi connectivity index (χ4v) is 4.31. The summed E-state index contributed by atoms with van der Waals surface area (Å²) in [6.45, 7) is 4.77. The van der Waals surface area contributed by atoms with Crippen molar-refractivity contribution in [1.29, 1.82) is 0 Å². The van der Waals surface area contributed by atoms with Crippen molar-refractivity contribution in [3.63, 3.8) is 0 Å². The predicted molar refractivity (Wildman–Crippen MR) is 112 cm³/mol. The highest BCUT2D eigenvalue weighted by Crippen LogP contribution is 2.38. The summed E-state index contributed by atoms with van der Waals surface area (Å²) in [5.41, 5.74) is 6.73. The quantitative estimate of drug-likeness (QED) is 0.694. The zero-order chi connectivity index (χ0) is 19.5. The third kappa shape index (κ3) is 3.62. The minimum absolute atomic E-state index is 0.0143. The minimum Gasteiger partial charge on any atom is -0.355 e. The van der Waals surface area contributed by atoms with Crippen LogP contribution in [-0.2, 0) is 4.79 Å². The first-order valence-electron chi connectivity index (χ1n) is 9.45. The first-order chi connectivity index (χ1) is 13.7. The Balaban J connectivity index is 1.72. The lowest BCUT2D eigenvalue weighted by molar-refractivity contribution is -0.120. The normalized spacial score (nSPS) is 18.2. The zero-order valence-electron chi connectivity index (χ0n) is 15.9. The highest BCUT2D eigenvalue weighted by molar-refractivity contribution is 8.00. The molecule has 1 aromatic heterocycles. The molecule has 2 aromatic carbocycles. The number of benzene rings is 2. The molecule has 2 heterocycles. The lowest BCUT2D eigenvalue weighted by atomic mass is 10.0. The zero-order valence-corrected chi connectivity index (χ0v) is 16.7. The Hall–Kier alpha value is -2.80. The van der Waals surface area contributed by atoms with Crippen LogP contribution in [0.4, 0.5) is 0 Å². The lowest BCUT2D eigenvalue weighted by Gasteiger charge is -2.33. The Labute approximate surface area is 168 Å². The van der Waals surface area contributed by atoms with Crippen LogP contribution < -0.4 is 10.7 Å². The molecular weight excluding hydrogens is 370 g/mol. The molecular formula is C21H23N5OS. The van der Waals surface area contributed by atoms with Crippen LogP contribution in [0, 0.1) is 6.92 Å². The number of fused-ring (bicyclic) bond motifs is 1. The van der Waals surface area contributed by atoms with E-state index in [1.54, 1.807) is 0 Å². The first-order valence-corrected chi connectivity index (χ1v) is 10.3. The predicted octanol–water partition coefficient (Wildman–Crippen LogP) is 3.54. The van der Waals surface area contributed by atoms with Gasteiger partial charge in [0, 0.05) is 12.1 Å². The molecule has 0 radical (unpaired) electrons. The van der Waals surface area contributed by atoms with Crippen LogP contribution in [0.15, 0.2) is 59.8 Å². The van der Waals surface area contributed by atoms with Gasteiger partial charge in [-0.3, -0.25) is 4.79 Å². The van der Waals surface area contributed by atoms with E-state index in [1.807, 2.05) is 41.9 Å². The average molecular weight is 394 g/mol. The van der Waals surface area contributed by atoms with E-state index in [1.165, 1.54) is 17.3 Å². The summed E-state index contributed by atoms with van der Waals surface area (Å²) >= 11 is 1.45. The Morgan fingerprint density at radius 1 is 1.14 bits per heavy atom. The standard InChI is InChI=1S/C21H23N5OS/c1-3-13-22-20(27)18-17(15-11-9-14(2)10-12-15)25-26-19(23-24-21(26)28-18)16-7-5-4-6-8-16/h4-12,17-18,25H,3,13H2,1-2H3,(H,22,27). The van der Waals surface area contributed by atoms with Crippen LogP contribution in [0.2, 0.25) is 0 Å². The molecule has 28 heavy (non-hydrogen) atoms. The van der Waals surface area contributed by atoms with Gasteiger partial charge < -0.3 is 10.7 Å². The number of nitrogens with zero attached hydrogens (tertiary/aromatic N) is 3. The number of amides is 1. The van der Waals surface area contributed by atoms with E-state index in [0.29, 0.717) is 11.7 Å². The van der Waals surface area contributed by atoms with Gasteiger partial charge in [0.1, 0.15) is 5.25 Å². The topological polar surface area (TPSA) is 71.8 Å². The Morgan fingerprint density at radius 3 is 2.61 bits per heavy atom. The van der Waals surface area contributed by atoms with E-state index < -0.39 is 0 Å². The van der Waals surface area contributed by atoms with Crippen molar-refractivity contribution in [3.8, 4) is 11.4 Å². The van der Waals surface area contributed by atoms with Crippen molar-refractivity contribution in [2.24, 2.45) is 0 Å². The molecule has 1 aliphatic rings. The molecule has 7 heteroatoms. The second-order valence-electron chi connectivity index (χ2n) is 6.85. The highest BCUT2D eigenvalue weighted by atomic mass is 32.2. The number of aryl methyl sites for hydroxylation is 1. The van der Waals surface area contributed by atoms with Gasteiger partial charge in [0.25, 0.3) is 0 Å². The first kappa shape index (κ1) is 18.6. The van der Waals surface area contributed by atoms with Gasteiger partial charge in [-0.15, -0.1) is 10.2 Å². The Bertz CT molecular complexity index is 955. The van der Waals surface area contributed by atoms with Crippen molar-refractivity contribution in [1.82, 2.24) is 20.2 Å². The van der Waals surface area contributed by atoms with Gasteiger partial charge in [-0.1, -0.05) is 78.8 Å². The summed E-state index contributed by atoms with van der Waals surface area (Å²) < 4.78 is 1.90. The summed E-state index contributed by atoms with van der Waals surface area (Å²) in [5, 5.41) is 12.1. The Kier molecular flexibility index (Phi) is 5.34. The van der Waals surface area contributed by atoms with Crippen LogP contribution >= 0.6 is 11.8 Å². The maximum Gasteiger partial charge on any atom is 0.236 e. The average Bonchev–Trinajstić information content (AvgIpc) is 3.15. The van der Waals surface area contributed by atoms with E-state index in [0.717, 1.165) is 23.4 Å². The second kappa shape index (κ2) is 8.06. The maximum absolute atomic E-state index is 12.9. The molecule has 2 unspecified atom stereocenters. The summed E-state index contributed by atoms with van der Waals surface area (Å²) in [5.74, 6) is 0.757. The van der Waals surface area contributed by atoms with Crippen molar-refractivity contribution in [3.05, 3.63) is 65.7 Å². The number of carbonyl (C=O) groups is 1. The third-order valence-electron chi connectivity index (χ3n) is 4.71. The van der Waals surface area contributed by atoms with Gasteiger partial charge >= 0.3 is 0 Å². The van der Waals surface area contributed by atoms with Crippen LogP contribution in [-0.4, -0.2) is 32.6 Å². The van der Waals surface area contributed by atoms with E-state index in [-0.39, 0.29) is 17.2 Å². The second-order valence-corrected chi connectivity index (χ2v) is 7.96. The SMILES string of the molecule is CCCNC(=O)C1Sc2nnc(-c3ccccc3)n2NC1c1ccc(C)cc1. The lowest BCUT2D eigenvalue weighted by Crippen LogP contribution is -2.44. The summed E-state index contributed by atoms with van der Waals surface area (Å²) in [4.78, 5) is 12.9. The largest absolute Gasteiger partial charge is 0.355 e. The molecule has 2 atom stereocenters. The Morgan fingerprint density at radius 2 is 1.89 bits per heavy atom. The fourth-order valence-electron chi connectivity index (χ4n) is 3.20. The molecule has 0 fully saturated rings. The molecule has 0 saturated carbocycles. The van der Waals surface area contributed by atoms with Crippen LogP contribution in [0.5, 0.6) is 0 Å². The molecule has 2 N–H and O–H groups in total. The van der Waals surface area contributed by atoms with E-state index in [4.69, 9.17) is 0 Å². The number of aromatic nitrogens is 3. The highest BCUT2D eigenvalue weighted by Gasteiger charge is 2.37. The smallest absolute Gasteiger partial charge is 0.236 e. The van der Waals surface area contributed by atoms with Gasteiger partial charge in [-0.05, 0) is 18.9 Å². The van der Waals surface area contributed by atoms with Gasteiger partial charge in [0.15, 0.2) is 5.82 Å². The van der Waals surface area contributed by atoms with Crippen LogP contribution in [0.25, 0.3) is 11.4 Å². The number of carbonyl (C=O) groups excluding carboxylic acids is 1. The molecule has 4 rings (SSSR count). The molecule has 144 valence electrons. The van der Waals surface area contributed by atoms with Gasteiger partial charge in [-0.25, -0.2) is 4.68 Å². The van der Waals surface area contributed by atoms with Gasteiger partial charge in [0.05, 0.1) is 6.04 Å². The number of hydrogen-bond donors (Lipinski definition) is 2. The van der Waals surface area contributed by atoms with Crippen molar-refractivity contribution in [2.75, 3.05) is 12.0 Å². The molecule has 6 nitrogen and oxygen atoms in total. The van der Waals surface area contributed by atoms with Crippen LogP contribution in [0.1, 0.15) is 30.5 Å². The maximum atomic E-state index is 12.9. The minimum atomic E-state index is -0.324. The van der Waals surface area contributed by atoms with E-state index >= 15 is 0 Å². The summed E-state index contributed by atoms with van der Waals surface area (Å²) in [6, 6.07) is 18.0. The molecule has 1 amide bonds. The number of nitrogens with one attached hydrogen (secondary N) is 2. The summed E-state index contributed by atoms with van der Waals surface area (Å²) in [7, 11) is 0. The summed E-state index contributed by atoms with van der Waals surface area (Å²) in [6.07, 6.45) is 0.903. The molecule has 0 aliphatic carbocycles. The van der Waals surface area contributed by atoms with Gasteiger partial charge in [0.2, 0.25) is 11.1 Å². The monoisotopic (exact) mass is 393 g/mol. The molecule has 0 bridgehead atoms. The van der Waals surface area contributed by atoms with E-state index in [2.05, 4.69) is 52.1 Å². The van der Waals surface area contributed by atoms with Gasteiger partial charge in [-0.2, -0.15) is 0 Å². The van der Waals surface area contributed by atoms with Crippen molar-refractivity contribution in [2.45, 2.75) is 36.7 Å². The van der Waals surface area contributed by atoms with Crippen LogP contribution in [0.3, 0.4) is 0 Å². The molecule has 0 spiro atoms. The molecule has 3 aromatic rings.